The summed E-state index contributed by atoms with van der Waals surface area (Å²) < 4.78 is 22.9. The number of carbonyl (C=O) groups is 3. The predicted octanol–water partition coefficient (Wildman–Crippen LogP) is 18.0. The Kier molecular flexibility index (Phi) is 53.8. The third-order valence-electron chi connectivity index (χ3n) is 12.1. The lowest BCUT2D eigenvalue weighted by Crippen LogP contribution is -2.40. The van der Waals surface area contributed by atoms with Crippen LogP contribution in [0.5, 0.6) is 0 Å². The van der Waals surface area contributed by atoms with Crippen LogP contribution in [0.15, 0.2) is 146 Å². The maximum atomic E-state index is 12.9. The second-order valence-corrected chi connectivity index (χ2v) is 20.5. The smallest absolute Gasteiger partial charge is 0.361 e. The molecule has 0 bridgehead atoms. The van der Waals surface area contributed by atoms with Crippen molar-refractivity contribution in [3.8, 4) is 0 Å². The van der Waals surface area contributed by atoms with E-state index in [9.17, 15) is 19.5 Å². The first-order chi connectivity index (χ1) is 37.6. The number of aliphatic carboxylic acids is 1. The molecule has 434 valence electrons. The van der Waals surface area contributed by atoms with Crippen molar-refractivity contribution in [2.45, 2.75) is 219 Å². The van der Waals surface area contributed by atoms with Crippen LogP contribution in [0.1, 0.15) is 206 Å². The third kappa shape index (κ3) is 58.7. The number of likely N-dealkylation sites (N-methyl/N-ethyl adjacent to an activating group) is 1. The van der Waals surface area contributed by atoms with Gasteiger partial charge in [0.2, 0.25) is 0 Å². The van der Waals surface area contributed by atoms with E-state index in [1.165, 1.54) is 25.7 Å². The summed E-state index contributed by atoms with van der Waals surface area (Å²) in [5.41, 5.74) is 0. The van der Waals surface area contributed by atoms with Gasteiger partial charge in [-0.15, -0.1) is 0 Å². The molecular formula is C68H110NO8+. The Morgan fingerprint density at radius 3 is 1.04 bits per heavy atom. The molecule has 77 heavy (non-hydrogen) atoms. The van der Waals surface area contributed by atoms with E-state index in [0.717, 1.165) is 148 Å². The van der Waals surface area contributed by atoms with Crippen molar-refractivity contribution in [2.75, 3.05) is 47.5 Å². The van der Waals surface area contributed by atoms with Gasteiger partial charge in [-0.1, -0.05) is 224 Å². The monoisotopic (exact) mass is 1070 g/mol. The second kappa shape index (κ2) is 57.3. The van der Waals surface area contributed by atoms with Gasteiger partial charge in [0.05, 0.1) is 34.4 Å². The Bertz CT molecular complexity index is 1770. The first kappa shape index (κ1) is 72.2. The molecule has 0 fully saturated rings. The van der Waals surface area contributed by atoms with Gasteiger partial charge in [-0.2, -0.15) is 0 Å². The van der Waals surface area contributed by atoms with Crippen molar-refractivity contribution in [3.63, 3.8) is 0 Å². The standard InChI is InChI=1S/C68H109NO8/c1-6-8-10-12-14-16-18-20-22-24-26-27-28-29-30-31-32-33-34-35-36-37-38-39-41-43-45-47-49-51-53-55-57-59-66(71)77-64(63-76-68(67(72)73)74-61-60-69(3,4)5)62-75-65(70)58-56-54-52-50-48-46-44-42-40-25-23-21-19-17-15-13-11-9-7-2/h8-11,14-17,20-23,26-27,29-30,32-33,35-36,38-40,42,64,68H,6-7,12-13,18-19,24-25,28,31,34,37,41,43-63H2,1-5H3/p+1/b10-8-,11-9-,16-14-,17-15-,22-20-,23-21-,27-26-,30-29-,33-32-,36-35-,39-38-,42-40-. The number of rotatable bonds is 53. The molecule has 0 spiro atoms. The fraction of sp³-hybridized carbons (Fsp3) is 0.603. The normalized spacial score (nSPS) is 13.8. The van der Waals surface area contributed by atoms with Crippen LogP contribution in [0.25, 0.3) is 0 Å². The molecule has 0 saturated carbocycles. The van der Waals surface area contributed by atoms with Gasteiger partial charge in [-0.05, 0) is 116 Å². The zero-order valence-corrected chi connectivity index (χ0v) is 49.3. The van der Waals surface area contributed by atoms with Crippen LogP contribution < -0.4 is 0 Å². The van der Waals surface area contributed by atoms with Gasteiger partial charge in [0, 0.05) is 12.8 Å². The Hall–Kier alpha value is -4.83. The van der Waals surface area contributed by atoms with E-state index in [1.807, 2.05) is 21.1 Å². The lowest BCUT2D eigenvalue weighted by Gasteiger charge is -2.25. The van der Waals surface area contributed by atoms with Gasteiger partial charge in [0.1, 0.15) is 13.2 Å². The van der Waals surface area contributed by atoms with Crippen LogP contribution in [0.3, 0.4) is 0 Å². The molecule has 0 heterocycles. The summed E-state index contributed by atoms with van der Waals surface area (Å²) in [6.07, 6.45) is 80.7. The number of carboxylic acids is 1. The quantitative estimate of drug-likeness (QED) is 0.0211. The topological polar surface area (TPSA) is 108 Å². The van der Waals surface area contributed by atoms with E-state index in [0.29, 0.717) is 17.4 Å². The van der Waals surface area contributed by atoms with E-state index in [2.05, 4.69) is 160 Å². The fourth-order valence-corrected chi connectivity index (χ4v) is 7.55. The number of carbonyl (C=O) groups excluding carboxylic acids is 2. The van der Waals surface area contributed by atoms with Gasteiger partial charge in [0.25, 0.3) is 6.29 Å². The number of hydrogen-bond acceptors (Lipinski definition) is 7. The predicted molar refractivity (Wildman–Crippen MR) is 327 cm³/mol. The summed E-state index contributed by atoms with van der Waals surface area (Å²) in [5, 5.41) is 9.71. The molecule has 0 amide bonds. The molecule has 0 radical (unpaired) electrons. The Balaban J connectivity index is 4.29. The van der Waals surface area contributed by atoms with Crippen molar-refractivity contribution < 1.29 is 42.9 Å². The van der Waals surface area contributed by atoms with Gasteiger partial charge in [-0.3, -0.25) is 9.59 Å². The van der Waals surface area contributed by atoms with Gasteiger partial charge >= 0.3 is 17.9 Å². The number of esters is 2. The molecule has 0 aliphatic rings. The van der Waals surface area contributed by atoms with Crippen LogP contribution in [0.2, 0.25) is 0 Å². The highest BCUT2D eigenvalue weighted by Gasteiger charge is 2.25. The van der Waals surface area contributed by atoms with Crippen molar-refractivity contribution in [1.82, 2.24) is 0 Å². The van der Waals surface area contributed by atoms with Crippen LogP contribution in [0.4, 0.5) is 0 Å². The van der Waals surface area contributed by atoms with E-state index < -0.39 is 24.3 Å². The highest BCUT2D eigenvalue weighted by Crippen LogP contribution is 2.14. The minimum absolute atomic E-state index is 0.175. The minimum Gasteiger partial charge on any atom is -0.477 e. The number of hydrogen-bond donors (Lipinski definition) is 1. The average molecular weight is 1070 g/mol. The molecule has 0 aromatic rings. The van der Waals surface area contributed by atoms with Gasteiger partial charge in [0.15, 0.2) is 6.10 Å². The summed E-state index contributed by atoms with van der Waals surface area (Å²) >= 11 is 0. The highest BCUT2D eigenvalue weighted by atomic mass is 16.7. The molecule has 1 N–H and O–H groups in total. The van der Waals surface area contributed by atoms with Crippen molar-refractivity contribution in [1.29, 1.82) is 0 Å². The second-order valence-electron chi connectivity index (χ2n) is 20.5. The van der Waals surface area contributed by atoms with Crippen molar-refractivity contribution in [2.24, 2.45) is 0 Å². The lowest BCUT2D eigenvalue weighted by molar-refractivity contribution is -0.870. The summed E-state index contributed by atoms with van der Waals surface area (Å²) in [6.45, 7) is 4.60. The molecule has 2 atom stereocenters. The van der Waals surface area contributed by atoms with E-state index in [4.69, 9.17) is 18.9 Å². The SMILES string of the molecule is CC/C=C\C/C=C\C/C=C\C/C=C\C/C=C\C/C=C\C/C=C\C/C=C\CCCCCCCCCCC(=O)OC(COC(=O)CCCCCCCC/C=C\C/C=C\C/C=C\C/C=C\CC)COC(OCC[N+](C)(C)C)C(=O)O. The molecule has 0 aromatic carbocycles. The largest absolute Gasteiger partial charge is 0.477 e. The van der Waals surface area contributed by atoms with Gasteiger partial charge < -0.3 is 28.5 Å². The average Bonchev–Trinajstić information content (AvgIpc) is 3.40. The number of nitrogens with zero attached hydrogens (tertiary/aromatic N) is 1. The maximum Gasteiger partial charge on any atom is 0.361 e. The van der Waals surface area contributed by atoms with Crippen LogP contribution in [0, 0.1) is 0 Å². The van der Waals surface area contributed by atoms with Crippen molar-refractivity contribution >= 4 is 17.9 Å². The summed E-state index contributed by atoms with van der Waals surface area (Å²) in [6, 6.07) is 0. The lowest BCUT2D eigenvalue weighted by atomic mass is 10.1. The van der Waals surface area contributed by atoms with Crippen LogP contribution in [-0.4, -0.2) is 87.4 Å². The zero-order chi connectivity index (χ0) is 56.2. The Morgan fingerprint density at radius 2 is 0.701 bits per heavy atom. The molecule has 0 aliphatic heterocycles. The molecular weight excluding hydrogens is 959 g/mol. The van der Waals surface area contributed by atoms with Crippen molar-refractivity contribution in [3.05, 3.63) is 146 Å². The van der Waals surface area contributed by atoms with Gasteiger partial charge in [-0.25, -0.2) is 4.79 Å². The number of allylic oxidation sites excluding steroid dienone is 24. The molecule has 0 rings (SSSR count). The number of unbranched alkanes of at least 4 members (excludes halogenated alkanes) is 14. The first-order valence-corrected chi connectivity index (χ1v) is 30.0. The van der Waals surface area contributed by atoms with E-state index in [-0.39, 0.29) is 38.6 Å². The van der Waals surface area contributed by atoms with Crippen LogP contribution >= 0.6 is 0 Å². The zero-order valence-electron chi connectivity index (χ0n) is 49.3. The Labute approximate surface area is 471 Å². The molecule has 0 aliphatic carbocycles. The molecule has 0 aromatic heterocycles. The van der Waals surface area contributed by atoms with E-state index >= 15 is 0 Å². The summed E-state index contributed by atoms with van der Waals surface area (Å²) in [5.74, 6) is -2.05. The summed E-state index contributed by atoms with van der Waals surface area (Å²) in [7, 11) is 5.95. The van der Waals surface area contributed by atoms with Crippen LogP contribution in [-0.2, 0) is 33.3 Å². The first-order valence-electron chi connectivity index (χ1n) is 30.0. The Morgan fingerprint density at radius 1 is 0.390 bits per heavy atom. The number of carboxylic acid groups (broad SMARTS) is 1. The molecule has 0 saturated heterocycles. The minimum atomic E-state index is -1.53. The summed E-state index contributed by atoms with van der Waals surface area (Å²) in [4.78, 5) is 37.5. The number of quaternary nitrogens is 1. The molecule has 2 unspecified atom stereocenters. The molecule has 9 nitrogen and oxygen atoms in total. The fourth-order valence-electron chi connectivity index (χ4n) is 7.55. The maximum absolute atomic E-state index is 12.9. The number of ether oxygens (including phenoxy) is 4. The van der Waals surface area contributed by atoms with E-state index in [1.54, 1.807) is 0 Å². The highest BCUT2D eigenvalue weighted by molar-refractivity contribution is 5.71. The third-order valence-corrected chi connectivity index (χ3v) is 12.1. The molecule has 9 heteroatoms.